The highest BCUT2D eigenvalue weighted by Gasteiger charge is 2.08. The van der Waals surface area contributed by atoms with Gasteiger partial charge in [-0.2, -0.15) is 0 Å². The van der Waals surface area contributed by atoms with Crippen LogP contribution in [0, 0.1) is 6.92 Å². The number of hydrogen-bond donors (Lipinski definition) is 1. The molecule has 1 aromatic heterocycles. The molecule has 0 spiro atoms. The summed E-state index contributed by atoms with van der Waals surface area (Å²) in [5.41, 5.74) is 10.6. The Balaban J connectivity index is 2.24. The predicted octanol–water partition coefficient (Wildman–Crippen LogP) is 2.88. The van der Waals surface area contributed by atoms with Crippen molar-refractivity contribution in [2.45, 2.75) is 26.9 Å². The van der Waals surface area contributed by atoms with E-state index >= 15 is 0 Å². The van der Waals surface area contributed by atoms with Crippen LogP contribution in [0.4, 0.5) is 5.69 Å². The van der Waals surface area contributed by atoms with Gasteiger partial charge in [-0.1, -0.05) is 24.3 Å². The second kappa shape index (κ2) is 6.34. The van der Waals surface area contributed by atoms with Gasteiger partial charge < -0.3 is 10.6 Å². The van der Waals surface area contributed by atoms with Crippen LogP contribution in [-0.2, 0) is 13.1 Å². The summed E-state index contributed by atoms with van der Waals surface area (Å²) in [6.45, 7) is 6.62. The van der Waals surface area contributed by atoms with Gasteiger partial charge in [0, 0.05) is 37.2 Å². The lowest BCUT2D eigenvalue weighted by Gasteiger charge is -2.24. The van der Waals surface area contributed by atoms with Crippen molar-refractivity contribution in [1.82, 2.24) is 4.98 Å². The van der Waals surface area contributed by atoms with Gasteiger partial charge in [0.1, 0.15) is 0 Å². The van der Waals surface area contributed by atoms with Gasteiger partial charge in [0.15, 0.2) is 0 Å². The fraction of sp³-hybridized carbons (Fsp3) is 0.312. The van der Waals surface area contributed by atoms with Crippen molar-refractivity contribution in [2.75, 3.05) is 11.4 Å². The van der Waals surface area contributed by atoms with Crippen molar-refractivity contribution in [1.29, 1.82) is 0 Å². The average Bonchev–Trinajstić information content (AvgIpc) is 2.45. The molecule has 0 saturated carbocycles. The molecule has 0 aliphatic carbocycles. The smallest absolute Gasteiger partial charge is 0.0432 e. The second-order valence-electron chi connectivity index (χ2n) is 4.64. The first-order valence-corrected chi connectivity index (χ1v) is 6.69. The molecule has 0 saturated heterocycles. The molecule has 2 rings (SSSR count). The van der Waals surface area contributed by atoms with Gasteiger partial charge in [0.25, 0.3) is 0 Å². The Morgan fingerprint density at radius 1 is 1.16 bits per heavy atom. The molecule has 19 heavy (non-hydrogen) atoms. The Hall–Kier alpha value is -1.87. The maximum Gasteiger partial charge on any atom is 0.0432 e. The first-order valence-electron chi connectivity index (χ1n) is 6.69. The summed E-state index contributed by atoms with van der Waals surface area (Å²) in [6.07, 6.45) is 1.86. The summed E-state index contributed by atoms with van der Waals surface area (Å²) >= 11 is 0. The Morgan fingerprint density at radius 2 is 1.89 bits per heavy atom. The van der Waals surface area contributed by atoms with E-state index in [1.54, 1.807) is 0 Å². The maximum atomic E-state index is 5.80. The molecule has 2 N–H and O–H groups in total. The molecule has 0 aliphatic heterocycles. The molecular weight excluding hydrogens is 234 g/mol. The van der Waals surface area contributed by atoms with Gasteiger partial charge >= 0.3 is 0 Å². The molecule has 0 radical (unpaired) electrons. The average molecular weight is 255 g/mol. The van der Waals surface area contributed by atoms with Crippen LogP contribution in [-0.4, -0.2) is 11.5 Å². The predicted molar refractivity (Wildman–Crippen MR) is 80.0 cm³/mol. The molecule has 1 aromatic carbocycles. The highest BCUT2D eigenvalue weighted by atomic mass is 15.1. The zero-order valence-electron chi connectivity index (χ0n) is 11.6. The molecule has 0 fully saturated rings. The molecular formula is C16H21N3. The van der Waals surface area contributed by atoms with Gasteiger partial charge in [-0.3, -0.25) is 4.98 Å². The summed E-state index contributed by atoms with van der Waals surface area (Å²) in [5, 5.41) is 0. The molecule has 0 aliphatic rings. The number of rotatable bonds is 5. The van der Waals surface area contributed by atoms with Crippen LogP contribution in [0.2, 0.25) is 0 Å². The second-order valence-corrected chi connectivity index (χ2v) is 4.64. The van der Waals surface area contributed by atoms with E-state index in [2.05, 4.69) is 47.1 Å². The quantitative estimate of drug-likeness (QED) is 0.893. The summed E-state index contributed by atoms with van der Waals surface area (Å²) in [4.78, 5) is 6.59. The van der Waals surface area contributed by atoms with Crippen molar-refractivity contribution in [3.8, 4) is 0 Å². The molecule has 100 valence electrons. The van der Waals surface area contributed by atoms with Gasteiger partial charge in [-0.05, 0) is 37.1 Å². The summed E-state index contributed by atoms with van der Waals surface area (Å²) < 4.78 is 0. The fourth-order valence-electron chi connectivity index (χ4n) is 2.23. The van der Waals surface area contributed by atoms with Crippen LogP contribution >= 0.6 is 0 Å². The van der Waals surface area contributed by atoms with Crippen molar-refractivity contribution in [3.05, 3.63) is 59.4 Å². The molecule has 3 nitrogen and oxygen atoms in total. The summed E-state index contributed by atoms with van der Waals surface area (Å²) in [7, 11) is 0. The van der Waals surface area contributed by atoms with Crippen LogP contribution in [0.25, 0.3) is 0 Å². The molecule has 0 unspecified atom stereocenters. The van der Waals surface area contributed by atoms with Crippen LogP contribution < -0.4 is 10.6 Å². The monoisotopic (exact) mass is 255 g/mol. The number of benzene rings is 1. The largest absolute Gasteiger partial charge is 0.367 e. The third-order valence-corrected chi connectivity index (χ3v) is 3.33. The number of aryl methyl sites for hydroxylation is 1. The minimum absolute atomic E-state index is 0.586. The minimum atomic E-state index is 0.586. The SMILES string of the molecule is CCN(Cc1ccccc1CN)c1ccnc(C)c1. The van der Waals surface area contributed by atoms with Crippen molar-refractivity contribution in [2.24, 2.45) is 5.73 Å². The third kappa shape index (κ3) is 3.32. The summed E-state index contributed by atoms with van der Waals surface area (Å²) in [5.74, 6) is 0. The van der Waals surface area contributed by atoms with E-state index < -0.39 is 0 Å². The number of pyridine rings is 1. The van der Waals surface area contributed by atoms with E-state index in [1.807, 2.05) is 19.2 Å². The van der Waals surface area contributed by atoms with Crippen molar-refractivity contribution in [3.63, 3.8) is 0 Å². The van der Waals surface area contributed by atoms with E-state index in [0.29, 0.717) is 6.54 Å². The van der Waals surface area contributed by atoms with Gasteiger partial charge in [-0.25, -0.2) is 0 Å². The molecule has 0 bridgehead atoms. The molecule has 1 heterocycles. The fourth-order valence-corrected chi connectivity index (χ4v) is 2.23. The van der Waals surface area contributed by atoms with Crippen molar-refractivity contribution >= 4 is 5.69 Å². The number of aromatic nitrogens is 1. The third-order valence-electron chi connectivity index (χ3n) is 3.33. The van der Waals surface area contributed by atoms with Crippen LogP contribution in [0.1, 0.15) is 23.7 Å². The van der Waals surface area contributed by atoms with Gasteiger partial charge in [-0.15, -0.1) is 0 Å². The topological polar surface area (TPSA) is 42.1 Å². The Labute approximate surface area is 115 Å². The van der Waals surface area contributed by atoms with Crippen LogP contribution in [0.3, 0.4) is 0 Å². The maximum absolute atomic E-state index is 5.80. The van der Waals surface area contributed by atoms with E-state index in [9.17, 15) is 0 Å². The minimum Gasteiger partial charge on any atom is -0.367 e. The van der Waals surface area contributed by atoms with Crippen molar-refractivity contribution < 1.29 is 0 Å². The van der Waals surface area contributed by atoms with Crippen LogP contribution in [0.15, 0.2) is 42.6 Å². The number of nitrogens with two attached hydrogens (primary N) is 1. The van der Waals surface area contributed by atoms with E-state index in [4.69, 9.17) is 5.73 Å². The van der Waals surface area contributed by atoms with E-state index in [-0.39, 0.29) is 0 Å². The first-order chi connectivity index (χ1) is 9.24. The normalized spacial score (nSPS) is 10.5. The highest BCUT2D eigenvalue weighted by molar-refractivity contribution is 5.47. The Bertz CT molecular complexity index is 537. The Morgan fingerprint density at radius 3 is 2.53 bits per heavy atom. The highest BCUT2D eigenvalue weighted by Crippen LogP contribution is 2.19. The van der Waals surface area contributed by atoms with E-state index in [0.717, 1.165) is 18.8 Å². The lowest BCUT2D eigenvalue weighted by atomic mass is 10.1. The molecule has 2 aromatic rings. The standard InChI is InChI=1S/C16H21N3/c1-3-19(16-8-9-18-13(2)10-16)12-15-7-5-4-6-14(15)11-17/h4-10H,3,11-12,17H2,1-2H3. The lowest BCUT2D eigenvalue weighted by molar-refractivity contribution is 0.817. The zero-order valence-corrected chi connectivity index (χ0v) is 11.6. The Kier molecular flexibility index (Phi) is 4.53. The van der Waals surface area contributed by atoms with E-state index in [1.165, 1.54) is 16.8 Å². The molecule has 3 heteroatoms. The molecule has 0 atom stereocenters. The number of anilines is 1. The molecule has 0 amide bonds. The van der Waals surface area contributed by atoms with Gasteiger partial charge in [0.05, 0.1) is 0 Å². The van der Waals surface area contributed by atoms with Crippen LogP contribution in [0.5, 0.6) is 0 Å². The number of nitrogens with zero attached hydrogens (tertiary/aromatic N) is 2. The zero-order chi connectivity index (χ0) is 13.7. The lowest BCUT2D eigenvalue weighted by Crippen LogP contribution is -2.23. The first kappa shape index (κ1) is 13.6. The van der Waals surface area contributed by atoms with Gasteiger partial charge in [0.2, 0.25) is 0 Å². The number of hydrogen-bond acceptors (Lipinski definition) is 3. The summed E-state index contributed by atoms with van der Waals surface area (Å²) in [6, 6.07) is 12.5.